The molecule has 0 fully saturated rings. The zero-order valence-electron chi connectivity index (χ0n) is 4.50. The van der Waals surface area contributed by atoms with Gasteiger partial charge in [0.1, 0.15) is 0 Å². The fourth-order valence-corrected chi connectivity index (χ4v) is 0.253. The van der Waals surface area contributed by atoms with Crippen LogP contribution < -0.4 is 0 Å². The largest absolute Gasteiger partial charge is 0.481 e. The molecule has 0 saturated heterocycles. The second-order valence-corrected chi connectivity index (χ2v) is 1.45. The maximum Gasteiger partial charge on any atom is 0.305 e. The van der Waals surface area contributed by atoms with E-state index >= 15 is 0 Å². The van der Waals surface area contributed by atoms with Crippen molar-refractivity contribution in [3.63, 3.8) is 0 Å². The molecule has 0 aromatic rings. The average Bonchev–Trinajstić information content (AvgIpc) is 1.27. The minimum Gasteiger partial charge on any atom is -0.481 e. The summed E-state index contributed by atoms with van der Waals surface area (Å²) in [5, 5.41) is 16.3. The van der Waals surface area contributed by atoms with Gasteiger partial charge in [-0.25, -0.2) is 0 Å². The quantitative estimate of drug-likeness (QED) is 0.579. The first-order valence-corrected chi connectivity index (χ1v) is 2.03. The molecule has 0 radical (unpaired) electrons. The number of aliphatic carboxylic acids is 1. The Morgan fingerprint density at radius 1 is 1.75 bits per heavy atom. The second kappa shape index (κ2) is 4.87. The second-order valence-electron chi connectivity index (χ2n) is 1.45. The van der Waals surface area contributed by atoms with Crippen molar-refractivity contribution in [1.29, 1.82) is 0 Å². The molecule has 3 nitrogen and oxygen atoms in total. The van der Waals surface area contributed by atoms with Crippen molar-refractivity contribution in [2.24, 2.45) is 0 Å². The Balaban J connectivity index is 0. The molecule has 0 amide bonds. The molecule has 0 rings (SSSR count). The minimum absolute atomic E-state index is 0. The zero-order chi connectivity index (χ0) is 5.86. The zero-order valence-corrected chi connectivity index (χ0v) is 5.31. The standard InChI is InChI=1S/C4H8O3.ClH/c1-3(5)2-4(6)7;/h3,5H,2H2,1H3,(H,6,7);1H. The lowest BCUT2D eigenvalue weighted by molar-refractivity contribution is -0.138. The van der Waals surface area contributed by atoms with E-state index in [0.717, 1.165) is 0 Å². The Morgan fingerprint density at radius 2 is 2.12 bits per heavy atom. The highest BCUT2D eigenvalue weighted by atomic mass is 35.5. The van der Waals surface area contributed by atoms with E-state index in [0.29, 0.717) is 0 Å². The van der Waals surface area contributed by atoms with Gasteiger partial charge in [0.25, 0.3) is 0 Å². The molecule has 0 heterocycles. The van der Waals surface area contributed by atoms with Crippen LogP contribution in [0.4, 0.5) is 0 Å². The van der Waals surface area contributed by atoms with Crippen molar-refractivity contribution < 1.29 is 15.0 Å². The van der Waals surface area contributed by atoms with E-state index in [2.05, 4.69) is 0 Å². The topological polar surface area (TPSA) is 57.5 Å². The molecule has 0 aromatic carbocycles. The van der Waals surface area contributed by atoms with Crippen LogP contribution in [0.1, 0.15) is 13.3 Å². The number of aliphatic hydroxyl groups excluding tert-OH is 1. The highest BCUT2D eigenvalue weighted by molar-refractivity contribution is 5.85. The first-order valence-electron chi connectivity index (χ1n) is 2.03. The third-order valence-electron chi connectivity index (χ3n) is 0.470. The number of carbonyl (C=O) groups is 1. The Hall–Kier alpha value is -0.280. The predicted octanol–water partition coefficient (Wildman–Crippen LogP) is 0.264. The summed E-state index contributed by atoms with van der Waals surface area (Å²) in [5.74, 6) is -0.963. The lowest BCUT2D eigenvalue weighted by Crippen LogP contribution is -2.07. The molecule has 8 heavy (non-hydrogen) atoms. The van der Waals surface area contributed by atoms with E-state index < -0.39 is 12.1 Å². The van der Waals surface area contributed by atoms with Gasteiger partial charge in [-0.3, -0.25) is 4.79 Å². The van der Waals surface area contributed by atoms with Crippen molar-refractivity contribution in [1.82, 2.24) is 0 Å². The first kappa shape index (κ1) is 10.7. The van der Waals surface area contributed by atoms with Crippen LogP contribution >= 0.6 is 12.4 Å². The smallest absolute Gasteiger partial charge is 0.305 e. The van der Waals surface area contributed by atoms with Crippen molar-refractivity contribution in [2.45, 2.75) is 19.4 Å². The summed E-state index contributed by atoms with van der Waals surface area (Å²) in [6, 6.07) is 0. The SMILES string of the molecule is CC(O)CC(=O)O.Cl. The molecular formula is C4H9ClO3. The van der Waals surface area contributed by atoms with Crippen LogP contribution in [0.3, 0.4) is 0 Å². The van der Waals surface area contributed by atoms with E-state index in [1.165, 1.54) is 6.92 Å². The van der Waals surface area contributed by atoms with E-state index in [4.69, 9.17) is 10.2 Å². The molecule has 2 N–H and O–H groups in total. The predicted molar refractivity (Wildman–Crippen MR) is 31.2 cm³/mol. The van der Waals surface area contributed by atoms with E-state index in [1.807, 2.05) is 0 Å². The van der Waals surface area contributed by atoms with Crippen LogP contribution in [-0.4, -0.2) is 22.3 Å². The van der Waals surface area contributed by atoms with Crippen LogP contribution in [0.5, 0.6) is 0 Å². The average molecular weight is 141 g/mol. The highest BCUT2D eigenvalue weighted by Crippen LogP contribution is 1.85. The Kier molecular flexibility index (Phi) is 6.48. The molecule has 1 unspecified atom stereocenters. The molecule has 0 aliphatic carbocycles. The summed E-state index contributed by atoms with van der Waals surface area (Å²) >= 11 is 0. The molecule has 0 aromatic heterocycles. The van der Waals surface area contributed by atoms with Crippen LogP contribution in [-0.2, 0) is 4.79 Å². The van der Waals surface area contributed by atoms with E-state index in [9.17, 15) is 4.79 Å². The summed E-state index contributed by atoms with van der Waals surface area (Å²) in [6.07, 6.45) is -0.891. The van der Waals surface area contributed by atoms with Gasteiger partial charge < -0.3 is 10.2 Å². The van der Waals surface area contributed by atoms with Gasteiger partial charge in [-0.15, -0.1) is 12.4 Å². The Bertz CT molecular complexity index is 71.7. The molecule has 0 saturated carbocycles. The number of rotatable bonds is 2. The maximum atomic E-state index is 9.65. The molecule has 0 aliphatic rings. The van der Waals surface area contributed by atoms with Gasteiger partial charge in [0.2, 0.25) is 0 Å². The van der Waals surface area contributed by atoms with Crippen molar-refractivity contribution in [2.75, 3.05) is 0 Å². The summed E-state index contributed by atoms with van der Waals surface area (Å²) in [6.45, 7) is 1.44. The Morgan fingerprint density at radius 3 is 2.12 bits per heavy atom. The van der Waals surface area contributed by atoms with Gasteiger partial charge in [0.15, 0.2) is 0 Å². The summed E-state index contributed by atoms with van der Waals surface area (Å²) in [5.41, 5.74) is 0. The van der Waals surface area contributed by atoms with E-state index in [-0.39, 0.29) is 18.8 Å². The van der Waals surface area contributed by atoms with E-state index in [1.54, 1.807) is 0 Å². The minimum atomic E-state index is -0.963. The molecule has 1 atom stereocenters. The van der Waals surface area contributed by atoms with Gasteiger partial charge in [-0.1, -0.05) is 0 Å². The highest BCUT2D eigenvalue weighted by Gasteiger charge is 2.00. The number of aliphatic hydroxyl groups is 1. The fraction of sp³-hybridized carbons (Fsp3) is 0.750. The van der Waals surface area contributed by atoms with Crippen LogP contribution in [0.2, 0.25) is 0 Å². The molecule has 0 bridgehead atoms. The van der Waals surface area contributed by atoms with Crippen molar-refractivity contribution in [3.8, 4) is 0 Å². The molecule has 50 valence electrons. The number of hydrogen-bond acceptors (Lipinski definition) is 2. The lowest BCUT2D eigenvalue weighted by atomic mass is 10.3. The molecule has 4 heteroatoms. The lowest BCUT2D eigenvalue weighted by Gasteiger charge is -1.94. The van der Waals surface area contributed by atoms with Crippen LogP contribution in [0.25, 0.3) is 0 Å². The molecular weight excluding hydrogens is 131 g/mol. The van der Waals surface area contributed by atoms with Crippen LogP contribution in [0.15, 0.2) is 0 Å². The van der Waals surface area contributed by atoms with Gasteiger partial charge in [-0.2, -0.15) is 0 Å². The summed E-state index contributed by atoms with van der Waals surface area (Å²) < 4.78 is 0. The van der Waals surface area contributed by atoms with Crippen molar-refractivity contribution >= 4 is 18.4 Å². The number of hydrogen-bond donors (Lipinski definition) is 2. The van der Waals surface area contributed by atoms with Gasteiger partial charge in [0, 0.05) is 0 Å². The van der Waals surface area contributed by atoms with Gasteiger partial charge >= 0.3 is 5.97 Å². The fourth-order valence-electron chi connectivity index (χ4n) is 0.253. The monoisotopic (exact) mass is 140 g/mol. The van der Waals surface area contributed by atoms with Gasteiger partial charge in [-0.05, 0) is 6.92 Å². The summed E-state index contributed by atoms with van der Waals surface area (Å²) in [7, 11) is 0. The maximum absolute atomic E-state index is 9.65. The molecule has 0 spiro atoms. The van der Waals surface area contributed by atoms with Crippen LogP contribution in [0, 0.1) is 0 Å². The summed E-state index contributed by atoms with van der Waals surface area (Å²) in [4.78, 5) is 9.65. The third-order valence-corrected chi connectivity index (χ3v) is 0.470. The number of halogens is 1. The Labute approximate surface area is 53.7 Å². The first-order chi connectivity index (χ1) is 3.13. The van der Waals surface area contributed by atoms with Crippen molar-refractivity contribution in [3.05, 3.63) is 0 Å². The number of carboxylic acids is 1. The van der Waals surface area contributed by atoms with Gasteiger partial charge in [0.05, 0.1) is 12.5 Å². The third kappa shape index (κ3) is 9.21. The molecule has 0 aliphatic heterocycles. The normalized spacial score (nSPS) is 11.8. The number of carboxylic acid groups (broad SMARTS) is 1.